The number of aryl methyl sites for hydroxylation is 1. The van der Waals surface area contributed by atoms with E-state index in [1.807, 2.05) is 62.4 Å². The Kier molecular flexibility index (Phi) is 10.4. The number of hydrogen-bond acceptors (Lipinski definition) is 4. The monoisotopic (exact) mass is 583 g/mol. The molecule has 3 N–H and O–H groups in total. The van der Waals surface area contributed by atoms with E-state index in [0.29, 0.717) is 28.4 Å². The van der Waals surface area contributed by atoms with Crippen molar-refractivity contribution in [1.29, 1.82) is 0 Å². The van der Waals surface area contributed by atoms with Crippen LogP contribution in [0.4, 0.5) is 11.4 Å². The molecule has 4 aromatic carbocycles. The Morgan fingerprint density at radius 2 is 1.54 bits per heavy atom. The lowest BCUT2D eigenvalue weighted by molar-refractivity contribution is -0.116. The second-order valence-electron chi connectivity index (χ2n) is 9.23. The molecule has 0 radical (unpaired) electrons. The highest BCUT2D eigenvalue weighted by molar-refractivity contribution is 8.00. The maximum Gasteiger partial charge on any atom is 0.272 e. The third-order valence-electron chi connectivity index (χ3n) is 6.16. The highest BCUT2D eigenvalue weighted by Gasteiger charge is 2.19. The lowest BCUT2D eigenvalue weighted by Gasteiger charge is -2.16. The maximum atomic E-state index is 13.4. The lowest BCUT2D eigenvalue weighted by atomic mass is 10.1. The molecule has 1 unspecified atom stereocenters. The van der Waals surface area contributed by atoms with Crippen molar-refractivity contribution in [3.8, 4) is 0 Å². The minimum absolute atomic E-state index is 0.111. The van der Waals surface area contributed by atoms with Crippen LogP contribution in [0.15, 0.2) is 114 Å². The van der Waals surface area contributed by atoms with E-state index in [4.69, 9.17) is 11.6 Å². The van der Waals surface area contributed by atoms with Gasteiger partial charge in [-0.15, -0.1) is 11.8 Å². The van der Waals surface area contributed by atoms with Gasteiger partial charge in [0.1, 0.15) is 5.70 Å². The Balaban J connectivity index is 1.50. The summed E-state index contributed by atoms with van der Waals surface area (Å²) in [6, 6.07) is 30.6. The average Bonchev–Trinajstić information content (AvgIpc) is 2.98. The summed E-state index contributed by atoms with van der Waals surface area (Å²) < 4.78 is 0. The normalized spacial score (nSPS) is 11.8. The Morgan fingerprint density at radius 3 is 2.24 bits per heavy atom. The number of thioether (sulfide) groups is 1. The summed E-state index contributed by atoms with van der Waals surface area (Å²) in [5.74, 6) is -0.976. The van der Waals surface area contributed by atoms with Crippen LogP contribution >= 0.6 is 23.4 Å². The standard InChI is InChI=1S/C33H30ClN3O3S/c1-3-30(33(40)35-26-18-16-25(34)17-19-26)41-28-15-9-14-27(21-28)36-32(39)29(20-24-13-8-7-10-22(24)2)37-31(38)23-11-5-4-6-12-23/h4-21,30H,3H2,1-2H3,(H,35,40)(H,36,39)(H,37,38)/b29-20-. The zero-order chi connectivity index (χ0) is 29.2. The SMILES string of the molecule is CCC(Sc1cccc(NC(=O)/C(=C/c2ccccc2C)NC(=O)c2ccccc2)c1)C(=O)Nc1ccc(Cl)cc1. The zero-order valence-electron chi connectivity index (χ0n) is 22.7. The molecule has 4 aromatic rings. The maximum absolute atomic E-state index is 13.4. The molecule has 0 saturated heterocycles. The van der Waals surface area contributed by atoms with Gasteiger partial charge < -0.3 is 16.0 Å². The van der Waals surface area contributed by atoms with Crippen molar-refractivity contribution < 1.29 is 14.4 Å². The molecular formula is C33H30ClN3O3S. The van der Waals surface area contributed by atoms with E-state index >= 15 is 0 Å². The Hall–Kier alpha value is -4.33. The molecule has 0 heterocycles. The average molecular weight is 584 g/mol. The lowest BCUT2D eigenvalue weighted by Crippen LogP contribution is -2.30. The fraction of sp³-hybridized carbons (Fsp3) is 0.121. The number of rotatable bonds is 10. The molecule has 1 atom stereocenters. The molecule has 0 aliphatic carbocycles. The van der Waals surface area contributed by atoms with Crippen LogP contribution in [0, 0.1) is 6.92 Å². The largest absolute Gasteiger partial charge is 0.325 e. The third kappa shape index (κ3) is 8.58. The van der Waals surface area contributed by atoms with E-state index in [2.05, 4.69) is 16.0 Å². The van der Waals surface area contributed by atoms with Gasteiger partial charge in [0.15, 0.2) is 0 Å². The first-order valence-corrected chi connectivity index (χ1v) is 14.4. The fourth-order valence-corrected chi connectivity index (χ4v) is 5.07. The van der Waals surface area contributed by atoms with Crippen molar-refractivity contribution in [3.05, 3.63) is 131 Å². The molecule has 208 valence electrons. The number of halogens is 1. The van der Waals surface area contributed by atoms with Crippen molar-refractivity contribution in [2.24, 2.45) is 0 Å². The van der Waals surface area contributed by atoms with Crippen molar-refractivity contribution in [3.63, 3.8) is 0 Å². The van der Waals surface area contributed by atoms with Gasteiger partial charge in [-0.3, -0.25) is 14.4 Å². The third-order valence-corrected chi connectivity index (χ3v) is 7.77. The number of nitrogens with one attached hydrogen (secondary N) is 3. The van der Waals surface area contributed by atoms with Gasteiger partial charge >= 0.3 is 0 Å². The molecule has 0 bridgehead atoms. The van der Waals surface area contributed by atoms with Gasteiger partial charge in [0, 0.05) is 26.9 Å². The molecule has 0 aliphatic rings. The number of carbonyl (C=O) groups excluding carboxylic acids is 3. The minimum atomic E-state index is -0.466. The van der Waals surface area contributed by atoms with E-state index in [9.17, 15) is 14.4 Å². The quantitative estimate of drug-likeness (QED) is 0.133. The molecule has 0 aliphatic heterocycles. The van der Waals surface area contributed by atoms with Crippen molar-refractivity contribution in [2.45, 2.75) is 30.4 Å². The number of amides is 3. The first-order chi connectivity index (χ1) is 19.8. The van der Waals surface area contributed by atoms with E-state index in [1.165, 1.54) is 11.8 Å². The predicted octanol–water partition coefficient (Wildman–Crippen LogP) is 7.57. The molecule has 8 heteroatoms. The molecule has 6 nitrogen and oxygen atoms in total. The van der Waals surface area contributed by atoms with Crippen LogP contribution < -0.4 is 16.0 Å². The van der Waals surface area contributed by atoms with Gasteiger partial charge in [-0.2, -0.15) is 0 Å². The first kappa shape index (κ1) is 29.6. The number of anilines is 2. The summed E-state index contributed by atoms with van der Waals surface area (Å²) in [6.07, 6.45) is 2.27. The van der Waals surface area contributed by atoms with Gasteiger partial charge in [-0.05, 0) is 85.1 Å². The fourth-order valence-electron chi connectivity index (χ4n) is 3.93. The van der Waals surface area contributed by atoms with E-state index in [1.54, 1.807) is 60.7 Å². The Morgan fingerprint density at radius 1 is 0.829 bits per heavy atom. The molecule has 0 saturated carbocycles. The zero-order valence-corrected chi connectivity index (χ0v) is 24.3. The molecule has 4 rings (SSSR count). The van der Waals surface area contributed by atoms with Crippen LogP contribution in [0.5, 0.6) is 0 Å². The van der Waals surface area contributed by atoms with E-state index in [0.717, 1.165) is 16.0 Å². The van der Waals surface area contributed by atoms with Crippen LogP contribution in [0.3, 0.4) is 0 Å². The van der Waals surface area contributed by atoms with Crippen LogP contribution in [-0.2, 0) is 9.59 Å². The van der Waals surface area contributed by atoms with Crippen LogP contribution in [0.1, 0.15) is 34.8 Å². The second kappa shape index (κ2) is 14.3. The topological polar surface area (TPSA) is 87.3 Å². The van der Waals surface area contributed by atoms with Crippen molar-refractivity contribution in [2.75, 3.05) is 10.6 Å². The minimum Gasteiger partial charge on any atom is -0.325 e. The van der Waals surface area contributed by atoms with Crippen molar-refractivity contribution >= 4 is 58.5 Å². The number of carbonyl (C=O) groups is 3. The van der Waals surface area contributed by atoms with Crippen molar-refractivity contribution in [1.82, 2.24) is 5.32 Å². The summed E-state index contributed by atoms with van der Waals surface area (Å²) in [6.45, 7) is 3.89. The summed E-state index contributed by atoms with van der Waals surface area (Å²) in [5.41, 5.74) is 3.54. The van der Waals surface area contributed by atoms with Crippen LogP contribution in [-0.4, -0.2) is 23.0 Å². The Bertz CT molecular complexity index is 1560. The summed E-state index contributed by atoms with van der Waals surface area (Å²) in [5, 5.41) is 8.84. The highest BCUT2D eigenvalue weighted by atomic mass is 35.5. The van der Waals surface area contributed by atoms with Crippen LogP contribution in [0.2, 0.25) is 5.02 Å². The predicted molar refractivity (Wildman–Crippen MR) is 168 cm³/mol. The molecule has 3 amide bonds. The molecule has 0 fully saturated rings. The van der Waals surface area contributed by atoms with Gasteiger partial charge in [0.2, 0.25) is 5.91 Å². The molecule has 41 heavy (non-hydrogen) atoms. The Labute approximate surface area is 249 Å². The number of hydrogen-bond donors (Lipinski definition) is 3. The smallest absolute Gasteiger partial charge is 0.272 e. The summed E-state index contributed by atoms with van der Waals surface area (Å²) in [7, 11) is 0. The van der Waals surface area contributed by atoms with Crippen LogP contribution in [0.25, 0.3) is 6.08 Å². The summed E-state index contributed by atoms with van der Waals surface area (Å²) >= 11 is 7.35. The van der Waals surface area contributed by atoms with Gasteiger partial charge in [-0.1, -0.05) is 67.1 Å². The molecule has 0 spiro atoms. The van der Waals surface area contributed by atoms with E-state index < -0.39 is 5.91 Å². The second-order valence-corrected chi connectivity index (χ2v) is 10.9. The van der Waals surface area contributed by atoms with Gasteiger partial charge in [0.05, 0.1) is 5.25 Å². The summed E-state index contributed by atoms with van der Waals surface area (Å²) in [4.78, 5) is 40.1. The number of benzene rings is 4. The van der Waals surface area contributed by atoms with Gasteiger partial charge in [-0.25, -0.2) is 0 Å². The molecular weight excluding hydrogens is 554 g/mol. The first-order valence-electron chi connectivity index (χ1n) is 13.1. The van der Waals surface area contributed by atoms with Gasteiger partial charge in [0.25, 0.3) is 11.8 Å². The molecule has 0 aromatic heterocycles. The highest BCUT2D eigenvalue weighted by Crippen LogP contribution is 2.29. The van der Waals surface area contributed by atoms with E-state index in [-0.39, 0.29) is 22.8 Å².